The molecule has 0 bridgehead atoms. The minimum atomic E-state index is -1.86. The first-order valence-electron chi connectivity index (χ1n) is 9.25. The van der Waals surface area contributed by atoms with Crippen molar-refractivity contribution in [3.8, 4) is 28.8 Å². The summed E-state index contributed by atoms with van der Waals surface area (Å²) in [6.07, 6.45) is 0. The average molecular weight is 364 g/mol. The molecule has 0 radical (unpaired) electrons. The van der Waals surface area contributed by atoms with Gasteiger partial charge in [0.1, 0.15) is 0 Å². The second-order valence-corrected chi connectivity index (χ2v) is 11.0. The average Bonchev–Trinajstić information content (AvgIpc) is 2.73. The van der Waals surface area contributed by atoms with Crippen molar-refractivity contribution in [2.24, 2.45) is 0 Å². The van der Waals surface area contributed by atoms with Crippen LogP contribution >= 0.6 is 0 Å². The van der Waals surface area contributed by atoms with Gasteiger partial charge in [-0.25, -0.2) is 4.98 Å². The van der Waals surface area contributed by atoms with Crippen LogP contribution in [0.15, 0.2) is 60.7 Å². The Labute approximate surface area is 156 Å². The van der Waals surface area contributed by atoms with Crippen LogP contribution in [-0.2, 0) is 0 Å². The summed E-state index contributed by atoms with van der Waals surface area (Å²) in [4.78, 5) is 14.0. The van der Waals surface area contributed by atoms with E-state index >= 15 is 0 Å². The molecule has 0 unspecified atom stereocenters. The van der Waals surface area contributed by atoms with E-state index in [1.165, 1.54) is 0 Å². The molecule has 0 atom stereocenters. The minimum Gasteiger partial charge on any atom is -0.517 e. The number of rotatable bonds is 7. The number of nitrogens with zero attached hydrogens (tertiary/aromatic N) is 3. The molecule has 134 valence electrons. The van der Waals surface area contributed by atoms with Crippen molar-refractivity contribution in [1.29, 1.82) is 0 Å². The molecule has 3 aromatic rings. The van der Waals surface area contributed by atoms with E-state index < -0.39 is 8.32 Å². The molecular formula is C21H25N3OSi. The van der Waals surface area contributed by atoms with Crippen molar-refractivity contribution in [3.05, 3.63) is 60.7 Å². The zero-order valence-electron chi connectivity index (χ0n) is 15.6. The SMILES string of the molecule is CC[Si](CC)(CC)Oc1nc(-c2ccccc2)nc(-c2ccccc2)n1. The molecule has 1 aromatic heterocycles. The maximum Gasteiger partial charge on any atom is 0.306 e. The van der Waals surface area contributed by atoms with Gasteiger partial charge in [0.15, 0.2) is 11.6 Å². The summed E-state index contributed by atoms with van der Waals surface area (Å²) < 4.78 is 6.45. The van der Waals surface area contributed by atoms with Crippen LogP contribution in [0.5, 0.6) is 6.01 Å². The summed E-state index contributed by atoms with van der Waals surface area (Å²) in [6.45, 7) is 6.61. The van der Waals surface area contributed by atoms with E-state index in [1.54, 1.807) is 0 Å². The molecule has 1 heterocycles. The standard InChI is InChI=1S/C21H25N3OSi/c1-4-26(5-2,6-3)25-21-23-19(17-13-9-7-10-14-17)22-20(24-21)18-15-11-8-12-16-18/h7-16H,4-6H2,1-3H3. The van der Waals surface area contributed by atoms with Gasteiger partial charge in [0, 0.05) is 11.1 Å². The van der Waals surface area contributed by atoms with Gasteiger partial charge in [-0.2, -0.15) is 9.97 Å². The van der Waals surface area contributed by atoms with E-state index in [-0.39, 0.29) is 0 Å². The highest BCUT2D eigenvalue weighted by atomic mass is 28.4. The zero-order valence-corrected chi connectivity index (χ0v) is 16.6. The van der Waals surface area contributed by atoms with Crippen LogP contribution in [0.2, 0.25) is 18.1 Å². The summed E-state index contributed by atoms with van der Waals surface area (Å²) >= 11 is 0. The predicted octanol–water partition coefficient (Wildman–Crippen LogP) is 5.59. The largest absolute Gasteiger partial charge is 0.517 e. The fraction of sp³-hybridized carbons (Fsp3) is 0.286. The number of hydrogen-bond acceptors (Lipinski definition) is 4. The zero-order chi connectivity index (χ0) is 18.4. The van der Waals surface area contributed by atoms with Crippen LogP contribution in [0.1, 0.15) is 20.8 Å². The lowest BCUT2D eigenvalue weighted by atomic mass is 10.2. The fourth-order valence-electron chi connectivity index (χ4n) is 2.99. The van der Waals surface area contributed by atoms with Crippen molar-refractivity contribution in [1.82, 2.24) is 15.0 Å². The Bertz CT molecular complexity index is 770. The van der Waals surface area contributed by atoms with Gasteiger partial charge in [0.2, 0.25) is 0 Å². The van der Waals surface area contributed by atoms with Crippen LogP contribution < -0.4 is 4.43 Å². The summed E-state index contributed by atoms with van der Waals surface area (Å²) in [6, 6.07) is 23.6. The minimum absolute atomic E-state index is 0.454. The van der Waals surface area contributed by atoms with Crippen molar-refractivity contribution in [2.75, 3.05) is 0 Å². The van der Waals surface area contributed by atoms with Gasteiger partial charge in [-0.05, 0) is 18.1 Å². The Hall–Kier alpha value is -2.53. The van der Waals surface area contributed by atoms with Crippen LogP contribution in [0, 0.1) is 0 Å². The highest BCUT2D eigenvalue weighted by Gasteiger charge is 2.32. The van der Waals surface area contributed by atoms with Gasteiger partial charge in [0.05, 0.1) is 0 Å². The van der Waals surface area contributed by atoms with E-state index in [1.807, 2.05) is 60.7 Å². The molecule has 26 heavy (non-hydrogen) atoms. The molecule has 0 saturated heterocycles. The monoisotopic (exact) mass is 363 g/mol. The lowest BCUT2D eigenvalue weighted by molar-refractivity contribution is 0.487. The first-order valence-corrected chi connectivity index (χ1v) is 11.8. The molecule has 0 amide bonds. The van der Waals surface area contributed by atoms with E-state index in [0.717, 1.165) is 29.3 Å². The maximum atomic E-state index is 6.45. The third-order valence-electron chi connectivity index (χ3n) is 4.92. The Morgan fingerprint density at radius 2 is 1.08 bits per heavy atom. The lowest BCUT2D eigenvalue weighted by Crippen LogP contribution is -2.40. The van der Waals surface area contributed by atoms with E-state index in [2.05, 4.69) is 30.7 Å². The topological polar surface area (TPSA) is 47.9 Å². The molecule has 2 aromatic carbocycles. The molecular weight excluding hydrogens is 338 g/mol. The second-order valence-electron chi connectivity index (χ2n) is 6.34. The quantitative estimate of drug-likeness (QED) is 0.513. The molecule has 0 saturated carbocycles. The number of aromatic nitrogens is 3. The van der Waals surface area contributed by atoms with Gasteiger partial charge in [-0.1, -0.05) is 81.4 Å². The highest BCUT2D eigenvalue weighted by Crippen LogP contribution is 2.27. The molecule has 5 heteroatoms. The van der Waals surface area contributed by atoms with E-state index in [4.69, 9.17) is 9.41 Å². The molecule has 0 aliphatic heterocycles. The molecule has 0 aliphatic carbocycles. The van der Waals surface area contributed by atoms with Crippen molar-refractivity contribution < 1.29 is 4.43 Å². The number of hydrogen-bond donors (Lipinski definition) is 0. The Morgan fingerprint density at radius 1 is 0.654 bits per heavy atom. The van der Waals surface area contributed by atoms with Crippen LogP contribution in [0.3, 0.4) is 0 Å². The molecule has 4 nitrogen and oxygen atoms in total. The van der Waals surface area contributed by atoms with Crippen LogP contribution in [0.4, 0.5) is 0 Å². The van der Waals surface area contributed by atoms with Gasteiger partial charge in [-0.3, -0.25) is 0 Å². The van der Waals surface area contributed by atoms with Crippen LogP contribution in [0.25, 0.3) is 22.8 Å². The lowest BCUT2D eigenvalue weighted by Gasteiger charge is -2.27. The summed E-state index contributed by atoms with van der Waals surface area (Å²) in [7, 11) is -1.86. The smallest absolute Gasteiger partial charge is 0.306 e. The molecule has 0 spiro atoms. The molecule has 0 fully saturated rings. The number of benzene rings is 2. The molecule has 0 N–H and O–H groups in total. The third-order valence-corrected chi connectivity index (χ3v) is 9.40. The molecule has 3 rings (SSSR count). The predicted molar refractivity (Wildman–Crippen MR) is 109 cm³/mol. The Kier molecular flexibility index (Phi) is 5.78. The van der Waals surface area contributed by atoms with E-state index in [9.17, 15) is 0 Å². The summed E-state index contributed by atoms with van der Waals surface area (Å²) in [5.41, 5.74) is 1.93. The second kappa shape index (κ2) is 8.23. The van der Waals surface area contributed by atoms with Crippen molar-refractivity contribution in [3.63, 3.8) is 0 Å². The Morgan fingerprint density at radius 3 is 1.46 bits per heavy atom. The highest BCUT2D eigenvalue weighted by molar-refractivity contribution is 6.74. The van der Waals surface area contributed by atoms with E-state index in [0.29, 0.717) is 17.7 Å². The summed E-state index contributed by atoms with van der Waals surface area (Å²) in [5, 5.41) is 0. The van der Waals surface area contributed by atoms with Gasteiger partial charge in [-0.15, -0.1) is 0 Å². The van der Waals surface area contributed by atoms with Gasteiger partial charge in [0.25, 0.3) is 8.32 Å². The summed E-state index contributed by atoms with van der Waals surface area (Å²) in [5.74, 6) is 1.31. The van der Waals surface area contributed by atoms with Crippen molar-refractivity contribution in [2.45, 2.75) is 38.9 Å². The normalized spacial score (nSPS) is 11.3. The first kappa shape index (κ1) is 18.3. The Balaban J connectivity index is 2.09. The van der Waals surface area contributed by atoms with Crippen LogP contribution in [-0.4, -0.2) is 23.3 Å². The van der Waals surface area contributed by atoms with Gasteiger partial charge >= 0.3 is 6.01 Å². The maximum absolute atomic E-state index is 6.45. The third kappa shape index (κ3) is 3.99. The molecule has 0 aliphatic rings. The fourth-order valence-corrected chi connectivity index (χ4v) is 5.41. The van der Waals surface area contributed by atoms with Gasteiger partial charge < -0.3 is 4.43 Å². The van der Waals surface area contributed by atoms with Crippen molar-refractivity contribution >= 4 is 8.32 Å². The first-order chi connectivity index (χ1) is 12.7.